The molecular weight excluding hydrogens is 799 g/mol. The average Bonchev–Trinajstić information content (AvgIpc) is 4.04. The first-order chi connectivity index (χ1) is 35.0. The van der Waals surface area contributed by atoms with E-state index in [1.165, 1.54) is 0 Å². The molecule has 1 unspecified atom stereocenters. The van der Waals surface area contributed by atoms with Gasteiger partial charge in [0.15, 0.2) is 0 Å². The van der Waals surface area contributed by atoms with Crippen molar-refractivity contribution < 1.29 is 12.6 Å². The minimum absolute atomic E-state index is 0.258. The lowest BCUT2D eigenvalue weighted by Gasteiger charge is -2.35. The third kappa shape index (κ3) is 5.55. The van der Waals surface area contributed by atoms with Crippen molar-refractivity contribution in [1.82, 2.24) is 0 Å². The average molecular weight is 850 g/mol. The van der Waals surface area contributed by atoms with Crippen molar-refractivity contribution in [2.45, 2.75) is 24.5 Å². The van der Waals surface area contributed by atoms with Crippen LogP contribution in [0.3, 0.4) is 0 Å². The van der Waals surface area contributed by atoms with E-state index in [2.05, 4.69) is 150 Å². The zero-order valence-electron chi connectivity index (χ0n) is 41.9. The molecule has 0 saturated carbocycles. The van der Waals surface area contributed by atoms with Crippen LogP contribution in [-0.4, -0.2) is 0 Å². The highest BCUT2D eigenvalue weighted by Crippen LogP contribution is 2.58. The summed E-state index contributed by atoms with van der Waals surface area (Å²) in [5, 5.41) is 2.16. The zero-order valence-corrected chi connectivity index (χ0v) is 35.9. The number of rotatable bonds is 7. The van der Waals surface area contributed by atoms with Crippen molar-refractivity contribution in [2.75, 3.05) is 4.90 Å². The van der Waals surface area contributed by atoms with Gasteiger partial charge in [-0.15, -0.1) is 0 Å². The molecule has 0 aliphatic heterocycles. The molecule has 0 saturated heterocycles. The van der Waals surface area contributed by atoms with Gasteiger partial charge >= 0.3 is 0 Å². The van der Waals surface area contributed by atoms with Gasteiger partial charge in [0, 0.05) is 46.9 Å². The summed E-state index contributed by atoms with van der Waals surface area (Å²) in [5.41, 5.74) is 13.4. The Hall–Kier alpha value is -8.20. The van der Waals surface area contributed by atoms with Gasteiger partial charge in [-0.25, -0.2) is 0 Å². The fourth-order valence-electron chi connectivity index (χ4n) is 11.1. The Morgan fingerprint density at radius 1 is 0.379 bits per heavy atom. The largest absolute Gasteiger partial charge is 0.455 e. The number of anilines is 3. The van der Waals surface area contributed by atoms with Gasteiger partial charge in [0.1, 0.15) is 11.2 Å². The second-order valence-corrected chi connectivity index (χ2v) is 17.5. The Morgan fingerprint density at radius 3 is 1.67 bits per heavy atom. The Labute approximate surface area is 394 Å². The van der Waals surface area contributed by atoms with Gasteiger partial charge < -0.3 is 9.32 Å². The lowest BCUT2D eigenvalue weighted by molar-refractivity contribution is 0.660. The maximum Gasteiger partial charge on any atom is 0.143 e. The van der Waals surface area contributed by atoms with Crippen molar-refractivity contribution in [3.63, 3.8) is 0 Å². The molecule has 2 aliphatic rings. The molecule has 13 rings (SSSR count). The summed E-state index contributed by atoms with van der Waals surface area (Å²) < 4.78 is 61.0. The number of nitrogens with zero attached hydrogens (tertiary/aromatic N) is 1. The Balaban J connectivity index is 1.06. The van der Waals surface area contributed by atoms with E-state index in [9.17, 15) is 0 Å². The summed E-state index contributed by atoms with van der Waals surface area (Å²) >= 11 is 0. The van der Waals surface area contributed by atoms with Gasteiger partial charge in [-0.1, -0.05) is 214 Å². The fourth-order valence-corrected chi connectivity index (χ4v) is 11.1. The molecule has 1 heterocycles. The minimum Gasteiger partial charge on any atom is -0.455 e. The van der Waals surface area contributed by atoms with Gasteiger partial charge in [-0.3, -0.25) is 0 Å². The zero-order chi connectivity index (χ0) is 49.0. The molecule has 0 radical (unpaired) electrons. The summed E-state index contributed by atoms with van der Waals surface area (Å²) in [6.45, 7) is -5.85. The maximum absolute atomic E-state index is 9.08. The molecule has 2 nitrogen and oxygen atoms in total. The van der Waals surface area contributed by atoms with E-state index in [0.29, 0.717) is 16.8 Å². The molecule has 0 spiro atoms. The van der Waals surface area contributed by atoms with Crippen LogP contribution in [0.4, 0.5) is 17.1 Å². The molecule has 0 bridgehead atoms. The first-order valence-electron chi connectivity index (χ1n) is 25.5. The van der Waals surface area contributed by atoms with Crippen LogP contribution in [0.1, 0.15) is 55.3 Å². The molecule has 2 heteroatoms. The SMILES string of the molecule is [2H]C([2H])([2H])C1(C([2H])([2H])[2H])c2ccccc2-c2ccc(N(c3ccc4c(c3)C(c3ccccc3)(c3ccc(-c5cccc6c5oc5ccccc56)cc3)c3ccccc3-4)c3ccccc3-c3ccccc3)cc21. The molecule has 10 aromatic carbocycles. The third-order valence-corrected chi connectivity index (χ3v) is 14.0. The Kier molecular flexibility index (Phi) is 7.21. The smallest absolute Gasteiger partial charge is 0.143 e. The van der Waals surface area contributed by atoms with Crippen molar-refractivity contribution in [3.8, 4) is 44.5 Å². The van der Waals surface area contributed by atoms with E-state index >= 15 is 0 Å². The van der Waals surface area contributed by atoms with Crippen LogP contribution >= 0.6 is 0 Å². The molecular formula is C64H45NO. The molecule has 66 heavy (non-hydrogen) atoms. The first-order valence-corrected chi connectivity index (χ1v) is 22.5. The topological polar surface area (TPSA) is 16.4 Å². The van der Waals surface area contributed by atoms with Gasteiger partial charge in [-0.2, -0.15) is 0 Å². The van der Waals surface area contributed by atoms with Crippen LogP contribution < -0.4 is 4.90 Å². The van der Waals surface area contributed by atoms with E-state index in [1.54, 1.807) is 12.1 Å². The van der Waals surface area contributed by atoms with Crippen molar-refractivity contribution in [1.29, 1.82) is 0 Å². The number of hydrogen-bond donors (Lipinski definition) is 0. The number of furan rings is 1. The van der Waals surface area contributed by atoms with Crippen LogP contribution in [0.5, 0.6) is 0 Å². The molecule has 312 valence electrons. The predicted molar refractivity (Wildman–Crippen MR) is 274 cm³/mol. The fraction of sp³-hybridized carbons (Fsp3) is 0.0625. The molecule has 0 amide bonds. The third-order valence-electron chi connectivity index (χ3n) is 14.0. The van der Waals surface area contributed by atoms with Gasteiger partial charge in [0.05, 0.1) is 11.1 Å². The standard InChI is InChI=1S/C64H45NO/c1-63(2)56-28-13-9-23-50(56)52-38-36-46(40-58(52)63)65(60-30-15-11-22-48(60)42-18-5-3-6-19-42)47-37-39-53-51-24-10-14-29-57(51)64(59(53)41-47,44-20-7-4-8-21-44)45-34-32-43(33-35-45)49-26-17-27-55-54-25-12-16-31-61(54)66-62(49)55/h3-41H,1-2H3/i1D3,2D3. The van der Waals surface area contributed by atoms with E-state index in [1.807, 2.05) is 78.9 Å². The quantitative estimate of drug-likeness (QED) is 0.159. The number of para-hydroxylation sites is 3. The number of benzene rings is 10. The second kappa shape index (κ2) is 14.7. The molecule has 0 N–H and O–H groups in total. The van der Waals surface area contributed by atoms with Crippen molar-refractivity contribution in [2.24, 2.45) is 0 Å². The van der Waals surface area contributed by atoms with E-state index in [0.717, 1.165) is 88.9 Å². The van der Waals surface area contributed by atoms with Gasteiger partial charge in [0.2, 0.25) is 0 Å². The predicted octanol–water partition coefficient (Wildman–Crippen LogP) is 17.1. The monoisotopic (exact) mass is 849 g/mol. The second-order valence-electron chi connectivity index (χ2n) is 17.5. The molecule has 0 fully saturated rings. The van der Waals surface area contributed by atoms with Crippen LogP contribution in [-0.2, 0) is 10.8 Å². The number of fused-ring (bicyclic) bond motifs is 9. The molecule has 11 aromatic rings. The highest BCUT2D eigenvalue weighted by atomic mass is 16.3. The van der Waals surface area contributed by atoms with Crippen LogP contribution in [0.15, 0.2) is 241 Å². The van der Waals surface area contributed by atoms with Crippen LogP contribution in [0, 0.1) is 0 Å². The summed E-state index contributed by atoms with van der Waals surface area (Å²) in [6.07, 6.45) is 0. The van der Waals surface area contributed by atoms with E-state index in [4.69, 9.17) is 12.6 Å². The Morgan fingerprint density at radius 2 is 0.909 bits per heavy atom. The minimum atomic E-state index is -2.92. The van der Waals surface area contributed by atoms with Crippen LogP contribution in [0.25, 0.3) is 66.4 Å². The lowest BCUT2D eigenvalue weighted by Crippen LogP contribution is -2.28. The van der Waals surface area contributed by atoms with Gasteiger partial charge in [0.25, 0.3) is 0 Å². The van der Waals surface area contributed by atoms with Gasteiger partial charge in [-0.05, 0) is 103 Å². The highest BCUT2D eigenvalue weighted by molar-refractivity contribution is 6.09. The maximum atomic E-state index is 9.08. The summed E-state index contributed by atoms with van der Waals surface area (Å²) in [7, 11) is 0. The molecule has 1 atom stereocenters. The Bertz CT molecular complexity index is 3900. The first kappa shape index (κ1) is 32.5. The summed E-state index contributed by atoms with van der Waals surface area (Å²) in [6, 6.07) is 80.7. The summed E-state index contributed by atoms with van der Waals surface area (Å²) in [4.78, 5) is 2.17. The summed E-state index contributed by atoms with van der Waals surface area (Å²) in [5.74, 6) is 0. The highest BCUT2D eigenvalue weighted by Gasteiger charge is 2.46. The molecule has 1 aromatic heterocycles. The number of hydrogen-bond acceptors (Lipinski definition) is 2. The van der Waals surface area contributed by atoms with Crippen molar-refractivity contribution in [3.05, 3.63) is 270 Å². The van der Waals surface area contributed by atoms with Crippen LogP contribution in [0.2, 0.25) is 0 Å². The van der Waals surface area contributed by atoms with E-state index < -0.39 is 24.5 Å². The normalized spacial score (nSPS) is 17.0. The van der Waals surface area contributed by atoms with Crippen molar-refractivity contribution >= 4 is 39.0 Å². The van der Waals surface area contributed by atoms with E-state index in [-0.39, 0.29) is 11.1 Å². The molecule has 2 aliphatic carbocycles. The lowest BCUT2D eigenvalue weighted by atomic mass is 9.67.